The van der Waals surface area contributed by atoms with Gasteiger partial charge in [0.25, 0.3) is 5.91 Å². The highest BCUT2D eigenvalue weighted by Gasteiger charge is 2.42. The van der Waals surface area contributed by atoms with Crippen LogP contribution in [-0.4, -0.2) is 59.4 Å². The van der Waals surface area contributed by atoms with Gasteiger partial charge in [-0.3, -0.25) is 9.59 Å². The fourth-order valence-corrected chi connectivity index (χ4v) is 4.28. The van der Waals surface area contributed by atoms with Crippen molar-refractivity contribution in [2.24, 2.45) is 0 Å². The first-order valence-corrected chi connectivity index (χ1v) is 14.5. The van der Waals surface area contributed by atoms with Gasteiger partial charge in [0.2, 0.25) is 0 Å². The lowest BCUT2D eigenvalue weighted by Crippen LogP contribution is -2.38. The lowest BCUT2D eigenvalue weighted by atomic mass is 9.92. The third-order valence-corrected chi connectivity index (χ3v) is 6.41. The predicted octanol–water partition coefficient (Wildman–Crippen LogP) is 6.81. The molecule has 3 aromatic rings. The van der Waals surface area contributed by atoms with Gasteiger partial charge in [0.05, 0.1) is 11.1 Å². The molecule has 3 amide bonds. The van der Waals surface area contributed by atoms with Gasteiger partial charge in [-0.1, -0.05) is 24.3 Å². The Kier molecular flexibility index (Phi) is 10.9. The van der Waals surface area contributed by atoms with Gasteiger partial charge in [-0.25, -0.2) is 14.4 Å². The molecule has 0 aliphatic carbocycles. The Morgan fingerprint density at radius 1 is 0.771 bits per heavy atom. The topological polar surface area (TPSA) is 151 Å². The summed E-state index contributed by atoms with van der Waals surface area (Å²) < 4.78 is 50.5. The van der Waals surface area contributed by atoms with E-state index in [1.807, 2.05) is 0 Å². The second-order valence-electron chi connectivity index (χ2n) is 12.7. The number of amides is 3. The van der Waals surface area contributed by atoms with E-state index in [9.17, 15) is 42.3 Å². The molecule has 0 bridgehead atoms. The fourth-order valence-electron chi connectivity index (χ4n) is 4.28. The van der Waals surface area contributed by atoms with Gasteiger partial charge >= 0.3 is 30.1 Å². The Hall–Kier alpha value is -5.40. The van der Waals surface area contributed by atoms with Crippen molar-refractivity contribution in [3.63, 3.8) is 0 Å². The van der Waals surface area contributed by atoms with Crippen molar-refractivity contribution in [2.45, 2.75) is 65.5 Å². The van der Waals surface area contributed by atoms with Gasteiger partial charge in [0, 0.05) is 30.5 Å². The number of halogens is 3. The van der Waals surface area contributed by atoms with Crippen LogP contribution in [0.2, 0.25) is 0 Å². The second kappa shape index (κ2) is 14.2. The summed E-state index contributed by atoms with van der Waals surface area (Å²) in [6.07, 6.45) is -5.82. The van der Waals surface area contributed by atoms with E-state index >= 15 is 0 Å². The SMILES string of the molecule is CN(C(=O)C(F)(F)F)c1ccc(-c2ccc(C(=O)O)cc2C(=O)OC(C)(C)C)c(C(=O)Nc2ccc(CNC(=O)OC(C)(C)C)cc2)c1. The van der Waals surface area contributed by atoms with Gasteiger partial charge < -0.3 is 30.1 Å². The molecule has 0 atom stereocenters. The predicted molar refractivity (Wildman–Crippen MR) is 171 cm³/mol. The van der Waals surface area contributed by atoms with Crippen LogP contribution in [-0.2, 0) is 20.8 Å². The van der Waals surface area contributed by atoms with Crippen molar-refractivity contribution in [3.8, 4) is 11.1 Å². The molecule has 0 aromatic heterocycles. The minimum Gasteiger partial charge on any atom is -0.478 e. The number of carboxylic acid groups (broad SMARTS) is 1. The molecule has 0 unspecified atom stereocenters. The molecule has 0 saturated carbocycles. The number of carboxylic acids is 1. The van der Waals surface area contributed by atoms with Gasteiger partial charge in [0.1, 0.15) is 11.2 Å². The average molecular weight is 672 g/mol. The zero-order valence-electron chi connectivity index (χ0n) is 27.4. The first-order valence-electron chi connectivity index (χ1n) is 14.5. The van der Waals surface area contributed by atoms with Crippen LogP contribution in [0.15, 0.2) is 60.7 Å². The average Bonchev–Trinajstić information content (AvgIpc) is 2.97. The van der Waals surface area contributed by atoms with E-state index in [1.165, 1.54) is 30.3 Å². The maximum absolute atomic E-state index is 13.7. The van der Waals surface area contributed by atoms with Gasteiger partial charge in [-0.15, -0.1) is 0 Å². The Bertz CT molecular complexity index is 1720. The number of nitrogens with one attached hydrogen (secondary N) is 2. The lowest BCUT2D eigenvalue weighted by Gasteiger charge is -2.23. The van der Waals surface area contributed by atoms with Gasteiger partial charge in [0.15, 0.2) is 0 Å². The number of carbonyl (C=O) groups excluding carboxylic acids is 4. The largest absolute Gasteiger partial charge is 0.478 e. The number of alkyl halides is 3. The lowest BCUT2D eigenvalue weighted by molar-refractivity contribution is -0.170. The molecule has 3 aromatic carbocycles. The summed E-state index contributed by atoms with van der Waals surface area (Å²) >= 11 is 0. The van der Waals surface area contributed by atoms with Gasteiger partial charge in [-0.2, -0.15) is 13.2 Å². The summed E-state index contributed by atoms with van der Waals surface area (Å²) in [7, 11) is 0.893. The number of anilines is 2. The molecular weight excluding hydrogens is 635 g/mol. The van der Waals surface area contributed by atoms with Crippen molar-refractivity contribution in [2.75, 3.05) is 17.3 Å². The van der Waals surface area contributed by atoms with Crippen molar-refractivity contribution >= 4 is 41.2 Å². The molecule has 0 aliphatic heterocycles. The summed E-state index contributed by atoms with van der Waals surface area (Å²) in [5.41, 5.74) is -1.62. The standard InChI is InChI=1S/C34H36F3N3O8/c1-32(2,3)47-29(44)26-16-20(28(42)43)10-14-24(26)23-15-13-22(40(7)30(45)34(35,36)37)17-25(23)27(41)39-21-11-8-19(9-12-21)18-38-31(46)48-33(4,5)6/h8-17H,18H2,1-7H3,(H,38,46)(H,39,41)(H,42,43). The number of rotatable bonds is 8. The Labute approximate surface area is 275 Å². The van der Waals surface area contributed by atoms with Crippen LogP contribution in [0.25, 0.3) is 11.1 Å². The third-order valence-electron chi connectivity index (χ3n) is 6.41. The molecule has 256 valence electrons. The number of alkyl carbamates (subject to hydrolysis) is 1. The summed E-state index contributed by atoms with van der Waals surface area (Å²) in [6, 6.07) is 13.3. The maximum Gasteiger partial charge on any atom is 0.471 e. The van der Waals surface area contributed by atoms with Crippen LogP contribution < -0.4 is 15.5 Å². The molecule has 48 heavy (non-hydrogen) atoms. The molecule has 11 nitrogen and oxygen atoms in total. The number of hydrogen-bond acceptors (Lipinski definition) is 7. The number of hydrogen-bond donors (Lipinski definition) is 3. The minimum atomic E-state index is -5.20. The minimum absolute atomic E-state index is 0.0417. The van der Waals surface area contributed by atoms with Crippen molar-refractivity contribution in [1.29, 1.82) is 0 Å². The van der Waals surface area contributed by atoms with E-state index in [0.717, 1.165) is 25.2 Å². The maximum atomic E-state index is 13.7. The zero-order chi connectivity index (χ0) is 36.2. The summed E-state index contributed by atoms with van der Waals surface area (Å²) in [5, 5.41) is 14.8. The number of benzene rings is 3. The molecule has 3 rings (SSSR count). The van der Waals surface area contributed by atoms with Crippen LogP contribution in [0, 0.1) is 0 Å². The van der Waals surface area contributed by atoms with E-state index < -0.39 is 47.2 Å². The van der Waals surface area contributed by atoms with Crippen molar-refractivity contribution in [3.05, 3.63) is 82.9 Å². The quantitative estimate of drug-likeness (QED) is 0.221. The smallest absolute Gasteiger partial charge is 0.471 e. The van der Waals surface area contributed by atoms with E-state index in [-0.39, 0.29) is 45.7 Å². The Morgan fingerprint density at radius 3 is 1.88 bits per heavy atom. The number of nitrogens with zero attached hydrogens (tertiary/aromatic N) is 1. The van der Waals surface area contributed by atoms with Crippen LogP contribution in [0.5, 0.6) is 0 Å². The first-order chi connectivity index (χ1) is 22.1. The first kappa shape index (κ1) is 37.1. The number of ether oxygens (including phenoxy) is 2. The molecule has 0 spiro atoms. The molecule has 0 fully saturated rings. The molecule has 3 N–H and O–H groups in total. The fraction of sp³-hybridized carbons (Fsp3) is 0.324. The highest BCUT2D eigenvalue weighted by Crippen LogP contribution is 2.34. The number of aromatic carboxylic acids is 1. The molecule has 0 heterocycles. The summed E-state index contributed by atoms with van der Waals surface area (Å²) in [5.74, 6) is -5.25. The highest BCUT2D eigenvalue weighted by atomic mass is 19.4. The Balaban J connectivity index is 2.06. The molecule has 0 aliphatic rings. The van der Waals surface area contributed by atoms with E-state index in [0.29, 0.717) is 10.5 Å². The molecule has 0 radical (unpaired) electrons. The monoisotopic (exact) mass is 671 g/mol. The number of esters is 1. The van der Waals surface area contributed by atoms with E-state index in [2.05, 4.69) is 10.6 Å². The van der Waals surface area contributed by atoms with Crippen LogP contribution in [0.3, 0.4) is 0 Å². The number of carbonyl (C=O) groups is 5. The third kappa shape index (κ3) is 10.0. The van der Waals surface area contributed by atoms with E-state index in [4.69, 9.17) is 9.47 Å². The Morgan fingerprint density at radius 2 is 1.33 bits per heavy atom. The zero-order valence-corrected chi connectivity index (χ0v) is 27.4. The van der Waals surface area contributed by atoms with Gasteiger partial charge in [-0.05, 0) is 94.6 Å². The summed E-state index contributed by atoms with van der Waals surface area (Å²) in [4.78, 5) is 63.0. The molecule has 0 saturated heterocycles. The van der Waals surface area contributed by atoms with Crippen LogP contribution >= 0.6 is 0 Å². The van der Waals surface area contributed by atoms with E-state index in [1.54, 1.807) is 53.7 Å². The van der Waals surface area contributed by atoms with Crippen LogP contribution in [0.1, 0.15) is 78.2 Å². The van der Waals surface area contributed by atoms with Crippen molar-refractivity contribution in [1.82, 2.24) is 5.32 Å². The van der Waals surface area contributed by atoms with Crippen molar-refractivity contribution < 1.29 is 51.7 Å². The molecule has 14 heteroatoms. The summed E-state index contributed by atoms with van der Waals surface area (Å²) in [6.45, 7) is 10.1. The highest BCUT2D eigenvalue weighted by molar-refractivity contribution is 6.12. The molecular formula is C34H36F3N3O8. The normalized spacial score (nSPS) is 11.7. The second-order valence-corrected chi connectivity index (χ2v) is 12.7. The van der Waals surface area contributed by atoms with Crippen LogP contribution in [0.4, 0.5) is 29.3 Å².